The monoisotopic (exact) mass is 731 g/mol. The molecule has 1 heterocycles. The van der Waals surface area contributed by atoms with E-state index in [9.17, 15) is 0 Å². The Labute approximate surface area is 332 Å². The number of nitrogens with one attached hydrogen (secondary N) is 1. The molecule has 1 aliphatic heterocycles. The molecule has 4 aliphatic carbocycles. The lowest BCUT2D eigenvalue weighted by atomic mass is 9.78. The number of rotatable bonds is 11. The minimum absolute atomic E-state index is 0.202. The van der Waals surface area contributed by atoms with Crippen molar-refractivity contribution in [3.8, 4) is 5.75 Å². The Morgan fingerprint density at radius 1 is 0.821 bits per heavy atom. The minimum Gasteiger partial charge on any atom is -0.461 e. The summed E-state index contributed by atoms with van der Waals surface area (Å²) in [5.41, 5.74) is 12.7. The lowest BCUT2D eigenvalue weighted by molar-refractivity contribution is 0.303. The molecule has 278 valence electrons. The summed E-state index contributed by atoms with van der Waals surface area (Å²) in [7, 11) is 0. The standard InChI is InChI=1S/C52H49N3O/c1-37-14-10-25-47(52(37)54-45-22-12-21-44(33-45)46-24-13-27-50-51(46)48-23-8-9-26-49(48)56-50)43-20-11-19-42(32-43)41-30-28-38(29-31-41)34-53-55(35-39-15-4-2-5-16-39)36-40-17-6-3-7-18-40/h2-6,8-13,15-17,19,21-34,37,43,46,51,54H,7,14,18,20,35-36H2,1H3/b53-34+/t37-,43-,46?,51?/m0/s1. The second kappa shape index (κ2) is 16.3. The zero-order valence-electron chi connectivity index (χ0n) is 32.1. The normalized spacial score (nSPS) is 22.3. The van der Waals surface area contributed by atoms with Crippen LogP contribution >= 0.6 is 0 Å². The Kier molecular flexibility index (Phi) is 10.4. The van der Waals surface area contributed by atoms with Gasteiger partial charge in [0.2, 0.25) is 0 Å². The van der Waals surface area contributed by atoms with E-state index in [1.165, 1.54) is 44.7 Å². The third kappa shape index (κ3) is 7.83. The van der Waals surface area contributed by atoms with E-state index >= 15 is 0 Å². The summed E-state index contributed by atoms with van der Waals surface area (Å²) in [4.78, 5) is 0. The van der Waals surface area contributed by atoms with E-state index in [0.717, 1.165) is 61.5 Å². The quantitative estimate of drug-likeness (QED) is 0.123. The fourth-order valence-corrected chi connectivity index (χ4v) is 8.71. The van der Waals surface area contributed by atoms with Crippen molar-refractivity contribution < 1.29 is 4.74 Å². The van der Waals surface area contributed by atoms with Crippen molar-refractivity contribution in [1.29, 1.82) is 0 Å². The zero-order valence-corrected chi connectivity index (χ0v) is 32.1. The molecule has 9 rings (SSSR count). The first-order valence-electron chi connectivity index (χ1n) is 20.2. The second-order valence-electron chi connectivity index (χ2n) is 15.6. The minimum atomic E-state index is 0.202. The molecule has 4 aromatic carbocycles. The van der Waals surface area contributed by atoms with Crippen LogP contribution in [0.4, 0.5) is 5.69 Å². The third-order valence-corrected chi connectivity index (χ3v) is 11.6. The van der Waals surface area contributed by atoms with Crippen LogP contribution in [0, 0.1) is 11.8 Å². The van der Waals surface area contributed by atoms with E-state index in [-0.39, 0.29) is 17.8 Å². The fraction of sp³-hybridized carbons (Fsp3) is 0.212. The second-order valence-corrected chi connectivity index (χ2v) is 15.6. The van der Waals surface area contributed by atoms with Crippen LogP contribution in [0.15, 0.2) is 198 Å². The number of nitrogens with zero attached hydrogens (tertiary/aromatic N) is 2. The van der Waals surface area contributed by atoms with Crippen molar-refractivity contribution in [2.24, 2.45) is 16.9 Å². The maximum Gasteiger partial charge on any atom is 0.130 e. The first kappa shape index (κ1) is 35.6. The van der Waals surface area contributed by atoms with Gasteiger partial charge in [-0.2, -0.15) is 5.10 Å². The molecule has 2 unspecified atom stereocenters. The molecule has 0 radical (unpaired) electrons. The highest BCUT2D eigenvalue weighted by Crippen LogP contribution is 2.50. The van der Waals surface area contributed by atoms with Gasteiger partial charge in [-0.3, -0.25) is 5.01 Å². The van der Waals surface area contributed by atoms with Crippen molar-refractivity contribution in [3.63, 3.8) is 0 Å². The molecule has 0 saturated heterocycles. The zero-order chi connectivity index (χ0) is 37.7. The molecule has 0 amide bonds. The molecule has 0 saturated carbocycles. The largest absolute Gasteiger partial charge is 0.461 e. The first-order chi connectivity index (χ1) is 27.6. The molecule has 0 fully saturated rings. The summed E-state index contributed by atoms with van der Waals surface area (Å²) in [6.45, 7) is 3.96. The lowest BCUT2D eigenvalue weighted by Gasteiger charge is -2.29. The van der Waals surface area contributed by atoms with E-state index in [1.807, 2.05) is 6.21 Å². The van der Waals surface area contributed by atoms with Crippen molar-refractivity contribution in [1.82, 2.24) is 5.01 Å². The number of hydrogen-bond donors (Lipinski definition) is 1. The van der Waals surface area contributed by atoms with Crippen LogP contribution < -0.4 is 10.1 Å². The Morgan fingerprint density at radius 2 is 1.68 bits per heavy atom. The van der Waals surface area contributed by atoms with Crippen molar-refractivity contribution in [2.75, 3.05) is 11.9 Å². The smallest absolute Gasteiger partial charge is 0.130 e. The summed E-state index contributed by atoms with van der Waals surface area (Å²) in [6.07, 6.45) is 31.3. The van der Waals surface area contributed by atoms with E-state index < -0.39 is 0 Å². The molecule has 56 heavy (non-hydrogen) atoms. The number of fused-ring (bicyclic) bond motifs is 3. The van der Waals surface area contributed by atoms with Crippen LogP contribution in [0.1, 0.15) is 72.3 Å². The van der Waals surface area contributed by atoms with E-state index in [2.05, 4.69) is 187 Å². The van der Waals surface area contributed by atoms with Gasteiger partial charge in [0, 0.05) is 28.8 Å². The van der Waals surface area contributed by atoms with Gasteiger partial charge in [0.1, 0.15) is 11.5 Å². The van der Waals surface area contributed by atoms with E-state index in [1.54, 1.807) is 0 Å². The van der Waals surface area contributed by atoms with E-state index in [0.29, 0.717) is 5.92 Å². The van der Waals surface area contributed by atoms with Gasteiger partial charge in [-0.05, 0) is 94.8 Å². The maximum atomic E-state index is 6.27. The SMILES string of the molecule is C[C@H]1CC=CC([C@@H]2C=C(c3ccc(/C=N/N(CC4=CC=CCC4)Cc4ccccc4)cc3)C=CC2)=C1Nc1cccc(C2C=CC=C3Oc4ccccc4C32)c1. The molecular weight excluding hydrogens is 683 g/mol. The number of allylic oxidation sites excluding steroid dienone is 15. The van der Waals surface area contributed by atoms with Crippen LogP contribution in [-0.2, 0) is 6.54 Å². The predicted molar refractivity (Wildman–Crippen MR) is 232 cm³/mol. The van der Waals surface area contributed by atoms with Gasteiger partial charge in [-0.25, -0.2) is 0 Å². The number of hydrogen-bond acceptors (Lipinski definition) is 4. The highest BCUT2D eigenvalue weighted by Gasteiger charge is 2.37. The molecular formula is C52H49N3O. The molecule has 4 nitrogen and oxygen atoms in total. The van der Waals surface area contributed by atoms with Crippen molar-refractivity contribution in [3.05, 3.63) is 220 Å². The van der Waals surface area contributed by atoms with E-state index in [4.69, 9.17) is 9.84 Å². The molecule has 4 atom stereocenters. The average molecular weight is 732 g/mol. The van der Waals surface area contributed by atoms with Crippen LogP contribution in [0.3, 0.4) is 0 Å². The van der Waals surface area contributed by atoms with Gasteiger partial charge in [0.25, 0.3) is 0 Å². The summed E-state index contributed by atoms with van der Waals surface area (Å²) in [5, 5.41) is 11.1. The molecule has 0 spiro atoms. The molecule has 4 heteroatoms. The molecule has 0 aromatic heterocycles. The van der Waals surface area contributed by atoms with Gasteiger partial charge in [0.05, 0.1) is 25.2 Å². The number of hydrazone groups is 1. The van der Waals surface area contributed by atoms with Crippen LogP contribution in [-0.4, -0.2) is 17.8 Å². The van der Waals surface area contributed by atoms with Crippen molar-refractivity contribution >= 4 is 17.5 Å². The summed E-state index contributed by atoms with van der Waals surface area (Å²) < 4.78 is 6.27. The highest BCUT2D eigenvalue weighted by molar-refractivity contribution is 5.82. The fourth-order valence-electron chi connectivity index (χ4n) is 8.71. The lowest BCUT2D eigenvalue weighted by Crippen LogP contribution is -2.20. The Balaban J connectivity index is 0.925. The number of ether oxygens (including phenoxy) is 1. The number of anilines is 1. The molecule has 0 bridgehead atoms. The van der Waals surface area contributed by atoms with Crippen LogP contribution in [0.5, 0.6) is 5.75 Å². The Bertz CT molecular complexity index is 2350. The van der Waals surface area contributed by atoms with Crippen LogP contribution in [0.25, 0.3) is 5.57 Å². The van der Waals surface area contributed by atoms with Gasteiger partial charge >= 0.3 is 0 Å². The van der Waals surface area contributed by atoms with Gasteiger partial charge in [-0.1, -0.05) is 153 Å². The Hall–Kier alpha value is -6.13. The van der Waals surface area contributed by atoms with Gasteiger partial charge in [-0.15, -0.1) is 0 Å². The molecule has 4 aromatic rings. The van der Waals surface area contributed by atoms with Gasteiger partial charge in [0.15, 0.2) is 0 Å². The maximum absolute atomic E-state index is 6.27. The number of benzene rings is 4. The first-order valence-corrected chi connectivity index (χ1v) is 20.2. The highest BCUT2D eigenvalue weighted by atomic mass is 16.5. The Morgan fingerprint density at radius 3 is 2.55 bits per heavy atom. The molecule has 1 N–H and O–H groups in total. The van der Waals surface area contributed by atoms with Gasteiger partial charge < -0.3 is 10.1 Å². The summed E-state index contributed by atoms with van der Waals surface area (Å²) in [5.74, 6) is 3.12. The summed E-state index contributed by atoms with van der Waals surface area (Å²) in [6, 6.07) is 36.9. The average Bonchev–Trinajstić information content (AvgIpc) is 3.64. The third-order valence-electron chi connectivity index (χ3n) is 11.6. The topological polar surface area (TPSA) is 36.9 Å². The summed E-state index contributed by atoms with van der Waals surface area (Å²) >= 11 is 0. The predicted octanol–water partition coefficient (Wildman–Crippen LogP) is 12.4. The van der Waals surface area contributed by atoms with Crippen LogP contribution in [0.2, 0.25) is 0 Å². The number of para-hydroxylation sites is 1. The van der Waals surface area contributed by atoms with Crippen molar-refractivity contribution in [2.45, 2.75) is 51.0 Å². The molecule has 5 aliphatic rings.